The van der Waals surface area contributed by atoms with E-state index in [-0.39, 0.29) is 11.7 Å². The molecule has 0 saturated carbocycles. The lowest BCUT2D eigenvalue weighted by molar-refractivity contribution is -0.116. The summed E-state index contributed by atoms with van der Waals surface area (Å²) < 4.78 is 33.5. The van der Waals surface area contributed by atoms with Gasteiger partial charge in [-0.2, -0.15) is 9.49 Å². The predicted octanol–water partition coefficient (Wildman–Crippen LogP) is 3.45. The van der Waals surface area contributed by atoms with Crippen molar-refractivity contribution in [2.75, 3.05) is 19.7 Å². The van der Waals surface area contributed by atoms with Crippen LogP contribution < -0.4 is 0 Å². The zero-order valence-electron chi connectivity index (χ0n) is 12.9. The van der Waals surface area contributed by atoms with Gasteiger partial charge in [0, 0.05) is 41.3 Å². The van der Waals surface area contributed by atoms with Crippen molar-refractivity contribution in [3.63, 3.8) is 0 Å². The Bertz CT molecular complexity index is 706. The van der Waals surface area contributed by atoms with Crippen LogP contribution in [0.3, 0.4) is 0 Å². The quantitative estimate of drug-likeness (QED) is 0.911. The van der Waals surface area contributed by atoms with Gasteiger partial charge in [-0.1, -0.05) is 0 Å². The molecule has 0 radical (unpaired) electrons. The first-order valence-electron chi connectivity index (χ1n) is 7.86. The molecular formula is C16H19F2N3OS. The average Bonchev–Trinajstić information content (AvgIpc) is 3.13. The van der Waals surface area contributed by atoms with Crippen molar-refractivity contribution < 1.29 is 13.5 Å². The van der Waals surface area contributed by atoms with Crippen molar-refractivity contribution in [3.05, 3.63) is 39.1 Å². The van der Waals surface area contributed by atoms with Crippen LogP contribution in [0, 0.1) is 12.1 Å². The smallest absolute Gasteiger partial charge is 0.177 e. The van der Waals surface area contributed by atoms with E-state index in [2.05, 4.69) is 15.1 Å². The van der Waals surface area contributed by atoms with Crippen LogP contribution in [-0.2, 0) is 16.9 Å². The highest BCUT2D eigenvalue weighted by molar-refractivity contribution is 7.10. The number of aromatic amines is 1. The lowest BCUT2D eigenvalue weighted by atomic mass is 9.85. The first-order chi connectivity index (χ1) is 11.1. The molecule has 2 aromatic rings. The van der Waals surface area contributed by atoms with Crippen LogP contribution in [0.5, 0.6) is 0 Å². The van der Waals surface area contributed by atoms with Crippen LogP contribution in [-0.4, -0.2) is 34.8 Å². The van der Waals surface area contributed by atoms with Gasteiger partial charge in [0.15, 0.2) is 5.13 Å². The zero-order chi connectivity index (χ0) is 16.0. The maximum atomic E-state index is 14.0. The highest BCUT2D eigenvalue weighted by Gasteiger charge is 2.45. The van der Waals surface area contributed by atoms with Crippen LogP contribution in [0.15, 0.2) is 12.3 Å². The second-order valence-electron chi connectivity index (χ2n) is 6.40. The maximum absolute atomic E-state index is 14.0. The molecule has 4 rings (SSSR count). The van der Waals surface area contributed by atoms with Crippen molar-refractivity contribution in [2.24, 2.45) is 0 Å². The minimum atomic E-state index is -1.21. The number of hydrogen-bond donors (Lipinski definition) is 1. The number of fused-ring (bicyclic) bond motifs is 2. The fraction of sp³-hybridized carbons (Fsp3) is 0.562. The van der Waals surface area contributed by atoms with Crippen LogP contribution in [0.25, 0.3) is 0 Å². The molecule has 0 amide bonds. The van der Waals surface area contributed by atoms with E-state index in [0.717, 1.165) is 54.4 Å². The number of nitrogens with zero attached hydrogens (tertiary/aromatic N) is 2. The number of nitrogens with one attached hydrogen (secondary N) is 1. The van der Waals surface area contributed by atoms with Gasteiger partial charge in [-0.15, -0.1) is 11.3 Å². The van der Waals surface area contributed by atoms with Crippen molar-refractivity contribution in [1.82, 2.24) is 15.1 Å². The average molecular weight is 339 g/mol. The number of H-pyrrole nitrogens is 1. The number of likely N-dealkylation sites (tertiary alicyclic amines) is 1. The van der Waals surface area contributed by atoms with Crippen molar-refractivity contribution in [1.29, 1.82) is 0 Å². The molecule has 1 atom stereocenters. The molecule has 1 unspecified atom stereocenters. The number of aromatic nitrogens is 2. The molecule has 0 aliphatic carbocycles. The third-order valence-electron chi connectivity index (χ3n) is 4.98. The standard InChI is InChI=1S/C16H19F2N3OS/c1-10-11(7-19-20-10)8-21-4-2-16(3-5-21)15-12(6-14(18)23-15)13(17)9-22-16/h6-7,13H,2-5,8-9H2,1H3,(H,19,20). The molecule has 0 bridgehead atoms. The molecule has 23 heavy (non-hydrogen) atoms. The van der Waals surface area contributed by atoms with Crippen LogP contribution in [0.1, 0.15) is 40.7 Å². The van der Waals surface area contributed by atoms with Gasteiger partial charge in [0.25, 0.3) is 0 Å². The summed E-state index contributed by atoms with van der Waals surface area (Å²) in [7, 11) is 0. The van der Waals surface area contributed by atoms with E-state index in [9.17, 15) is 8.78 Å². The SMILES string of the molecule is Cc1[nH]ncc1CN1CCC2(CC1)OCC(F)c1cc(F)sc12. The van der Waals surface area contributed by atoms with Gasteiger partial charge in [-0.25, -0.2) is 4.39 Å². The zero-order valence-corrected chi connectivity index (χ0v) is 13.8. The van der Waals surface area contributed by atoms with Crippen molar-refractivity contribution >= 4 is 11.3 Å². The fourth-order valence-corrected chi connectivity index (χ4v) is 4.70. The van der Waals surface area contributed by atoms with Crippen molar-refractivity contribution in [2.45, 2.75) is 38.1 Å². The molecular weight excluding hydrogens is 320 g/mol. The predicted molar refractivity (Wildman–Crippen MR) is 83.6 cm³/mol. The molecule has 2 aliphatic rings. The summed E-state index contributed by atoms with van der Waals surface area (Å²) >= 11 is 1.04. The number of rotatable bonds is 2. The molecule has 7 heteroatoms. The number of aryl methyl sites for hydroxylation is 1. The Morgan fingerprint density at radius 2 is 2.26 bits per heavy atom. The second-order valence-corrected chi connectivity index (χ2v) is 7.41. The van der Waals surface area contributed by atoms with Gasteiger partial charge in [-0.3, -0.25) is 10.00 Å². The largest absolute Gasteiger partial charge is 0.366 e. The minimum Gasteiger partial charge on any atom is -0.366 e. The van der Waals surface area contributed by atoms with E-state index >= 15 is 0 Å². The van der Waals surface area contributed by atoms with Crippen LogP contribution in [0.2, 0.25) is 0 Å². The van der Waals surface area contributed by atoms with E-state index in [1.807, 2.05) is 13.1 Å². The Kier molecular flexibility index (Phi) is 3.74. The minimum absolute atomic E-state index is 0.0318. The summed E-state index contributed by atoms with van der Waals surface area (Å²) in [6.07, 6.45) is 2.19. The Balaban J connectivity index is 1.51. The van der Waals surface area contributed by atoms with E-state index in [4.69, 9.17) is 4.74 Å². The van der Waals surface area contributed by atoms with Crippen molar-refractivity contribution in [3.8, 4) is 0 Å². The summed E-state index contributed by atoms with van der Waals surface area (Å²) in [4.78, 5) is 3.10. The molecule has 1 N–H and O–H groups in total. The van der Waals surface area contributed by atoms with Gasteiger partial charge >= 0.3 is 0 Å². The maximum Gasteiger partial charge on any atom is 0.177 e. The number of piperidine rings is 1. The van der Waals surface area contributed by atoms with Gasteiger partial charge < -0.3 is 4.74 Å². The Morgan fingerprint density at radius 3 is 2.96 bits per heavy atom. The van der Waals surface area contributed by atoms with E-state index in [0.29, 0.717) is 5.56 Å². The number of alkyl halides is 1. The summed E-state index contributed by atoms with van der Waals surface area (Å²) in [5, 5.41) is 6.69. The molecule has 4 nitrogen and oxygen atoms in total. The number of halogens is 2. The Hall–Kier alpha value is -1.31. The summed E-state index contributed by atoms with van der Waals surface area (Å²) in [6, 6.07) is 1.34. The molecule has 2 aliphatic heterocycles. The Labute approximate surface area is 137 Å². The summed E-state index contributed by atoms with van der Waals surface area (Å²) in [6.45, 7) is 4.58. The molecule has 124 valence electrons. The third-order valence-corrected chi connectivity index (χ3v) is 6.10. The van der Waals surface area contributed by atoms with E-state index in [1.54, 1.807) is 0 Å². The van der Waals surface area contributed by atoms with Gasteiger partial charge in [0.05, 0.1) is 12.8 Å². The highest BCUT2D eigenvalue weighted by Crippen LogP contribution is 2.48. The number of ether oxygens (including phenoxy) is 1. The first-order valence-corrected chi connectivity index (χ1v) is 8.68. The second kappa shape index (κ2) is 5.65. The molecule has 1 saturated heterocycles. The fourth-order valence-electron chi connectivity index (χ4n) is 3.57. The molecule has 4 heterocycles. The molecule has 2 aromatic heterocycles. The Morgan fingerprint density at radius 1 is 1.48 bits per heavy atom. The normalized spacial score (nSPS) is 24.0. The first kappa shape index (κ1) is 15.2. The highest BCUT2D eigenvalue weighted by atomic mass is 32.1. The lowest BCUT2D eigenvalue weighted by Crippen LogP contribution is -2.46. The summed E-state index contributed by atoms with van der Waals surface area (Å²) in [5.74, 6) is 0. The van der Waals surface area contributed by atoms with E-state index in [1.165, 1.54) is 11.6 Å². The molecule has 1 fully saturated rings. The third kappa shape index (κ3) is 2.60. The monoisotopic (exact) mass is 339 g/mol. The van der Waals surface area contributed by atoms with E-state index < -0.39 is 11.8 Å². The topological polar surface area (TPSA) is 41.2 Å². The lowest BCUT2D eigenvalue weighted by Gasteiger charge is -2.44. The van der Waals surface area contributed by atoms with Gasteiger partial charge in [0.2, 0.25) is 0 Å². The van der Waals surface area contributed by atoms with Gasteiger partial charge in [-0.05, 0) is 25.8 Å². The molecule has 0 aromatic carbocycles. The van der Waals surface area contributed by atoms with Gasteiger partial charge in [0.1, 0.15) is 11.8 Å². The van der Waals surface area contributed by atoms with Crippen LogP contribution in [0.4, 0.5) is 8.78 Å². The number of hydrogen-bond acceptors (Lipinski definition) is 4. The van der Waals surface area contributed by atoms with Crippen LogP contribution >= 0.6 is 11.3 Å². The molecule has 1 spiro atoms. The number of thiophene rings is 1. The summed E-state index contributed by atoms with van der Waals surface area (Å²) in [5.41, 5.74) is 2.27.